The monoisotopic (exact) mass is 262 g/mol. The molecule has 0 aliphatic rings. The van der Waals surface area contributed by atoms with Crippen molar-refractivity contribution in [2.24, 2.45) is 7.05 Å². The number of nitrogens with zero attached hydrogens (tertiary/aromatic N) is 4. The molecule has 0 aliphatic heterocycles. The number of amides is 1. The van der Waals surface area contributed by atoms with E-state index in [-0.39, 0.29) is 5.91 Å². The second-order valence-corrected chi connectivity index (χ2v) is 4.24. The number of aryl methyl sites for hydroxylation is 3. The highest BCUT2D eigenvalue weighted by Crippen LogP contribution is 2.17. The molecule has 19 heavy (non-hydrogen) atoms. The van der Waals surface area contributed by atoms with Crippen LogP contribution in [0.4, 0.5) is 11.4 Å². The van der Waals surface area contributed by atoms with Crippen molar-refractivity contribution in [3.8, 4) is 0 Å². The van der Waals surface area contributed by atoms with Gasteiger partial charge in [0.15, 0.2) is 0 Å². The first kappa shape index (κ1) is 13.1. The van der Waals surface area contributed by atoms with Crippen molar-refractivity contribution >= 4 is 17.3 Å². The van der Waals surface area contributed by atoms with Crippen LogP contribution in [0, 0.1) is 0 Å². The van der Waals surface area contributed by atoms with Crippen LogP contribution >= 0.6 is 0 Å². The second kappa shape index (κ2) is 5.13. The molecule has 0 unspecified atom stereocenters. The molecule has 2 heterocycles. The standard InChI is InChI=1S/C12H18N6O/c1-4-9-10(7-17(3)16-9)15-12(19)11-8(13)6-14-18(11)5-2/h6-7H,4-5,13H2,1-3H3,(H,15,19). The number of carbonyl (C=O) groups is 1. The van der Waals surface area contributed by atoms with Gasteiger partial charge in [-0.05, 0) is 13.3 Å². The maximum Gasteiger partial charge on any atom is 0.276 e. The third-order valence-electron chi connectivity index (χ3n) is 2.87. The van der Waals surface area contributed by atoms with E-state index in [9.17, 15) is 4.79 Å². The van der Waals surface area contributed by atoms with Crippen LogP contribution in [0.5, 0.6) is 0 Å². The summed E-state index contributed by atoms with van der Waals surface area (Å²) in [6.45, 7) is 4.49. The zero-order valence-electron chi connectivity index (χ0n) is 11.3. The molecule has 0 radical (unpaired) electrons. The molecule has 7 heteroatoms. The Morgan fingerprint density at radius 2 is 2.21 bits per heavy atom. The predicted octanol–water partition coefficient (Wildman–Crippen LogP) is 1.03. The van der Waals surface area contributed by atoms with Gasteiger partial charge in [-0.25, -0.2) is 0 Å². The number of nitrogen functional groups attached to an aromatic ring is 1. The van der Waals surface area contributed by atoms with Gasteiger partial charge in [0.05, 0.1) is 23.3 Å². The average molecular weight is 262 g/mol. The number of nitrogens with one attached hydrogen (secondary N) is 1. The van der Waals surface area contributed by atoms with Gasteiger partial charge in [0.2, 0.25) is 0 Å². The van der Waals surface area contributed by atoms with Crippen molar-refractivity contribution in [1.82, 2.24) is 19.6 Å². The highest BCUT2D eigenvalue weighted by Gasteiger charge is 2.18. The highest BCUT2D eigenvalue weighted by molar-refractivity contribution is 6.06. The minimum Gasteiger partial charge on any atom is -0.396 e. The summed E-state index contributed by atoms with van der Waals surface area (Å²) < 4.78 is 3.25. The summed E-state index contributed by atoms with van der Waals surface area (Å²) in [5.41, 5.74) is 8.09. The Bertz CT molecular complexity index is 597. The van der Waals surface area contributed by atoms with E-state index in [2.05, 4.69) is 15.5 Å². The molecule has 2 aromatic rings. The maximum atomic E-state index is 12.3. The van der Waals surface area contributed by atoms with E-state index >= 15 is 0 Å². The minimum absolute atomic E-state index is 0.264. The van der Waals surface area contributed by atoms with Gasteiger partial charge in [-0.15, -0.1) is 0 Å². The molecule has 2 rings (SSSR count). The fourth-order valence-electron chi connectivity index (χ4n) is 1.97. The zero-order chi connectivity index (χ0) is 14.0. The van der Waals surface area contributed by atoms with E-state index in [1.807, 2.05) is 20.9 Å². The van der Waals surface area contributed by atoms with Crippen molar-refractivity contribution in [1.29, 1.82) is 0 Å². The van der Waals surface area contributed by atoms with Crippen LogP contribution in [0.15, 0.2) is 12.4 Å². The van der Waals surface area contributed by atoms with Crippen LogP contribution in [-0.4, -0.2) is 25.5 Å². The first-order valence-electron chi connectivity index (χ1n) is 6.21. The van der Waals surface area contributed by atoms with Crippen LogP contribution in [-0.2, 0) is 20.0 Å². The third kappa shape index (κ3) is 2.44. The molecule has 1 amide bonds. The summed E-state index contributed by atoms with van der Waals surface area (Å²) in [4.78, 5) is 12.3. The molecule has 0 saturated heterocycles. The second-order valence-electron chi connectivity index (χ2n) is 4.24. The molecule has 102 valence electrons. The SMILES string of the molecule is CCc1nn(C)cc1NC(=O)c1c(N)cnn1CC. The van der Waals surface area contributed by atoms with Crippen LogP contribution in [0.1, 0.15) is 30.0 Å². The van der Waals surface area contributed by atoms with Gasteiger partial charge in [0.1, 0.15) is 5.69 Å². The maximum absolute atomic E-state index is 12.3. The normalized spacial score (nSPS) is 10.7. The first-order chi connectivity index (χ1) is 9.06. The summed E-state index contributed by atoms with van der Waals surface area (Å²) >= 11 is 0. The summed E-state index contributed by atoms with van der Waals surface area (Å²) in [6.07, 6.45) is 4.01. The molecular formula is C12H18N6O. The number of rotatable bonds is 4. The van der Waals surface area contributed by atoms with Gasteiger partial charge in [0, 0.05) is 19.8 Å². The lowest BCUT2D eigenvalue weighted by atomic mass is 10.3. The Morgan fingerprint density at radius 3 is 2.84 bits per heavy atom. The number of hydrogen-bond acceptors (Lipinski definition) is 4. The molecule has 0 aliphatic carbocycles. The van der Waals surface area contributed by atoms with Crippen LogP contribution in [0.3, 0.4) is 0 Å². The molecular weight excluding hydrogens is 244 g/mol. The van der Waals surface area contributed by atoms with Crippen molar-refractivity contribution in [2.45, 2.75) is 26.8 Å². The topological polar surface area (TPSA) is 90.8 Å². The molecule has 0 spiro atoms. The molecule has 0 bridgehead atoms. The van der Waals surface area contributed by atoms with Crippen LogP contribution in [0.25, 0.3) is 0 Å². The highest BCUT2D eigenvalue weighted by atomic mass is 16.2. The Hall–Kier alpha value is -2.31. The van der Waals surface area contributed by atoms with Crippen molar-refractivity contribution in [3.05, 3.63) is 23.8 Å². The van der Waals surface area contributed by atoms with Gasteiger partial charge in [-0.1, -0.05) is 6.92 Å². The lowest BCUT2D eigenvalue weighted by molar-refractivity contribution is 0.101. The summed E-state index contributed by atoms with van der Waals surface area (Å²) in [6, 6.07) is 0. The zero-order valence-corrected chi connectivity index (χ0v) is 11.3. The Balaban J connectivity index is 2.27. The Kier molecular flexibility index (Phi) is 3.55. The van der Waals surface area contributed by atoms with E-state index < -0.39 is 0 Å². The van der Waals surface area contributed by atoms with E-state index in [0.717, 1.165) is 12.1 Å². The van der Waals surface area contributed by atoms with Gasteiger partial charge in [0.25, 0.3) is 5.91 Å². The molecule has 0 saturated carbocycles. The largest absolute Gasteiger partial charge is 0.396 e. The lowest BCUT2D eigenvalue weighted by Gasteiger charge is -2.07. The van der Waals surface area contributed by atoms with Gasteiger partial charge >= 0.3 is 0 Å². The van der Waals surface area contributed by atoms with E-state index in [0.29, 0.717) is 23.6 Å². The predicted molar refractivity (Wildman–Crippen MR) is 72.9 cm³/mol. The van der Waals surface area contributed by atoms with Crippen molar-refractivity contribution in [2.75, 3.05) is 11.1 Å². The number of hydrogen-bond donors (Lipinski definition) is 2. The number of anilines is 2. The molecule has 0 atom stereocenters. The number of aromatic nitrogens is 4. The van der Waals surface area contributed by atoms with Gasteiger partial charge in [-0.2, -0.15) is 10.2 Å². The van der Waals surface area contributed by atoms with Crippen molar-refractivity contribution < 1.29 is 4.79 Å². The third-order valence-corrected chi connectivity index (χ3v) is 2.87. The minimum atomic E-state index is -0.264. The van der Waals surface area contributed by atoms with Crippen LogP contribution in [0.2, 0.25) is 0 Å². The average Bonchev–Trinajstić information content (AvgIpc) is 2.92. The van der Waals surface area contributed by atoms with E-state index in [1.165, 1.54) is 6.20 Å². The van der Waals surface area contributed by atoms with Crippen LogP contribution < -0.4 is 11.1 Å². The van der Waals surface area contributed by atoms with Gasteiger partial charge in [-0.3, -0.25) is 14.2 Å². The summed E-state index contributed by atoms with van der Waals surface area (Å²) in [5, 5.41) is 11.2. The Labute approximate surface area is 111 Å². The number of carbonyl (C=O) groups excluding carboxylic acids is 1. The Morgan fingerprint density at radius 1 is 1.47 bits per heavy atom. The number of nitrogens with two attached hydrogens (primary N) is 1. The molecule has 0 aromatic carbocycles. The molecule has 3 N–H and O–H groups in total. The summed E-state index contributed by atoms with van der Waals surface area (Å²) in [7, 11) is 1.82. The lowest BCUT2D eigenvalue weighted by Crippen LogP contribution is -2.19. The first-order valence-corrected chi connectivity index (χ1v) is 6.21. The van der Waals surface area contributed by atoms with E-state index in [4.69, 9.17) is 5.73 Å². The fraction of sp³-hybridized carbons (Fsp3) is 0.417. The van der Waals surface area contributed by atoms with Crippen molar-refractivity contribution in [3.63, 3.8) is 0 Å². The fourth-order valence-corrected chi connectivity index (χ4v) is 1.97. The van der Waals surface area contributed by atoms with E-state index in [1.54, 1.807) is 15.6 Å². The smallest absolute Gasteiger partial charge is 0.276 e. The quantitative estimate of drug-likeness (QED) is 0.861. The molecule has 0 fully saturated rings. The molecule has 7 nitrogen and oxygen atoms in total. The summed E-state index contributed by atoms with van der Waals surface area (Å²) in [5.74, 6) is -0.264. The molecule has 2 aromatic heterocycles. The van der Waals surface area contributed by atoms with Gasteiger partial charge < -0.3 is 11.1 Å².